The second-order valence-corrected chi connectivity index (χ2v) is 5.05. The zero-order valence-corrected chi connectivity index (χ0v) is 11.8. The zero-order valence-electron chi connectivity index (χ0n) is 10.2. The van der Waals surface area contributed by atoms with Crippen LogP contribution in [0, 0.1) is 0 Å². The first-order valence-corrected chi connectivity index (χ1v) is 6.51. The summed E-state index contributed by atoms with van der Waals surface area (Å²) in [5.41, 5.74) is 2.12. The molecule has 0 aliphatic heterocycles. The molecule has 0 saturated carbocycles. The summed E-state index contributed by atoms with van der Waals surface area (Å²) >= 11 is 3.56. The molecule has 0 radical (unpaired) electrons. The minimum atomic E-state index is 0.0904. The minimum Gasteiger partial charge on any atom is -0.392 e. The number of hydrogen-bond donors (Lipinski definition) is 1. The second kappa shape index (κ2) is 6.26. The minimum absolute atomic E-state index is 0.0904. The van der Waals surface area contributed by atoms with Crippen LogP contribution in [0.2, 0.25) is 0 Å². The topological polar surface area (TPSA) is 23.5 Å². The van der Waals surface area contributed by atoms with E-state index in [0.717, 1.165) is 10.0 Å². The third-order valence-corrected chi connectivity index (χ3v) is 3.58. The van der Waals surface area contributed by atoms with Gasteiger partial charge in [-0.1, -0.05) is 19.4 Å². The van der Waals surface area contributed by atoms with Gasteiger partial charge in [0.05, 0.1) is 12.3 Å². The first kappa shape index (κ1) is 13.5. The highest BCUT2D eigenvalue weighted by Crippen LogP contribution is 2.28. The summed E-state index contributed by atoms with van der Waals surface area (Å²) in [4.78, 5) is 2.27. The Morgan fingerprint density at radius 3 is 2.62 bits per heavy atom. The van der Waals surface area contributed by atoms with Crippen LogP contribution in [-0.2, 0) is 6.61 Å². The molecule has 0 amide bonds. The molecule has 0 saturated heterocycles. The van der Waals surface area contributed by atoms with E-state index in [1.54, 1.807) is 0 Å². The average Bonchev–Trinajstić information content (AvgIpc) is 2.28. The lowest BCUT2D eigenvalue weighted by Crippen LogP contribution is -2.28. The number of rotatable bonds is 5. The number of anilines is 1. The molecule has 1 N–H and O–H groups in total. The van der Waals surface area contributed by atoms with Gasteiger partial charge in [-0.05, 0) is 47.0 Å². The molecule has 0 fully saturated rings. The molecule has 1 aromatic rings. The Morgan fingerprint density at radius 1 is 1.44 bits per heavy atom. The molecular weight excluding hydrogens is 266 g/mol. The predicted octanol–water partition coefficient (Wildman–Crippen LogP) is 3.57. The lowest BCUT2D eigenvalue weighted by molar-refractivity contribution is 0.282. The molecule has 1 rings (SSSR count). The normalized spacial score (nSPS) is 12.6. The molecule has 1 unspecified atom stereocenters. The highest BCUT2D eigenvalue weighted by Gasteiger charge is 2.12. The Balaban J connectivity index is 2.87. The molecule has 1 atom stereocenters. The van der Waals surface area contributed by atoms with Crippen LogP contribution in [0.4, 0.5) is 5.69 Å². The maximum absolute atomic E-state index is 9.05. The van der Waals surface area contributed by atoms with Crippen molar-refractivity contribution in [3.8, 4) is 0 Å². The fraction of sp³-hybridized carbons (Fsp3) is 0.538. The van der Waals surface area contributed by atoms with Crippen LogP contribution in [0.15, 0.2) is 22.7 Å². The predicted molar refractivity (Wildman–Crippen MR) is 72.8 cm³/mol. The summed E-state index contributed by atoms with van der Waals surface area (Å²) in [5.74, 6) is 0. The van der Waals surface area contributed by atoms with Gasteiger partial charge in [0, 0.05) is 17.6 Å². The Bertz CT molecular complexity index is 341. The van der Waals surface area contributed by atoms with E-state index in [1.165, 1.54) is 18.5 Å². The molecular formula is C13H20BrNO. The lowest BCUT2D eigenvalue weighted by atomic mass is 10.1. The van der Waals surface area contributed by atoms with Gasteiger partial charge in [-0.15, -0.1) is 0 Å². The smallest absolute Gasteiger partial charge is 0.0682 e. The number of halogens is 1. The van der Waals surface area contributed by atoms with Gasteiger partial charge >= 0.3 is 0 Å². The van der Waals surface area contributed by atoms with Gasteiger partial charge in [0.15, 0.2) is 0 Å². The van der Waals surface area contributed by atoms with Crippen molar-refractivity contribution in [2.45, 2.75) is 39.3 Å². The summed E-state index contributed by atoms with van der Waals surface area (Å²) in [7, 11) is 2.11. The van der Waals surface area contributed by atoms with Gasteiger partial charge in [0.1, 0.15) is 0 Å². The van der Waals surface area contributed by atoms with Gasteiger partial charge in [0.25, 0.3) is 0 Å². The largest absolute Gasteiger partial charge is 0.392 e. The highest BCUT2D eigenvalue weighted by atomic mass is 79.9. The summed E-state index contributed by atoms with van der Waals surface area (Å²) in [6.07, 6.45) is 2.38. The van der Waals surface area contributed by atoms with Crippen molar-refractivity contribution < 1.29 is 5.11 Å². The Labute approximate surface area is 106 Å². The van der Waals surface area contributed by atoms with E-state index in [1.807, 2.05) is 12.1 Å². The van der Waals surface area contributed by atoms with Crippen LogP contribution in [0.3, 0.4) is 0 Å². The molecule has 90 valence electrons. The third kappa shape index (κ3) is 3.22. The molecule has 2 nitrogen and oxygen atoms in total. The number of aliphatic hydroxyl groups excluding tert-OH is 1. The maximum Gasteiger partial charge on any atom is 0.0682 e. The summed E-state index contributed by atoms with van der Waals surface area (Å²) in [5, 5.41) is 9.05. The van der Waals surface area contributed by atoms with Gasteiger partial charge in [-0.2, -0.15) is 0 Å². The van der Waals surface area contributed by atoms with Crippen LogP contribution in [0.25, 0.3) is 0 Å². The van der Waals surface area contributed by atoms with Crippen LogP contribution < -0.4 is 4.90 Å². The molecule has 0 spiro atoms. The van der Waals surface area contributed by atoms with E-state index < -0.39 is 0 Å². The van der Waals surface area contributed by atoms with Gasteiger partial charge in [0.2, 0.25) is 0 Å². The number of aliphatic hydroxyl groups is 1. The highest BCUT2D eigenvalue weighted by molar-refractivity contribution is 9.10. The SMILES string of the molecule is CCCC(C)N(C)c1ccc(CO)cc1Br. The van der Waals surface area contributed by atoms with Crippen LogP contribution >= 0.6 is 15.9 Å². The molecule has 16 heavy (non-hydrogen) atoms. The van der Waals surface area contributed by atoms with E-state index in [2.05, 4.69) is 47.8 Å². The molecule has 0 bridgehead atoms. The Morgan fingerprint density at radius 2 is 2.12 bits per heavy atom. The molecule has 0 aliphatic rings. The standard InChI is InChI=1S/C13H20BrNO/c1-4-5-10(2)15(3)13-7-6-11(9-16)8-12(13)14/h6-8,10,16H,4-5,9H2,1-3H3. The van der Waals surface area contributed by atoms with E-state index in [4.69, 9.17) is 5.11 Å². The van der Waals surface area contributed by atoms with Crippen molar-refractivity contribution in [1.29, 1.82) is 0 Å². The van der Waals surface area contributed by atoms with Crippen LogP contribution in [0.5, 0.6) is 0 Å². The van der Waals surface area contributed by atoms with Crippen molar-refractivity contribution in [3.63, 3.8) is 0 Å². The Kier molecular flexibility index (Phi) is 5.29. The Hall–Kier alpha value is -0.540. The fourth-order valence-electron chi connectivity index (χ4n) is 1.78. The first-order valence-electron chi connectivity index (χ1n) is 5.72. The van der Waals surface area contributed by atoms with Crippen molar-refractivity contribution in [1.82, 2.24) is 0 Å². The molecule has 3 heteroatoms. The fourth-order valence-corrected chi connectivity index (χ4v) is 2.49. The molecule has 0 aromatic heterocycles. The van der Waals surface area contributed by atoms with Crippen molar-refractivity contribution in [3.05, 3.63) is 28.2 Å². The molecule has 1 aromatic carbocycles. The number of benzene rings is 1. The van der Waals surface area contributed by atoms with Crippen LogP contribution in [-0.4, -0.2) is 18.2 Å². The monoisotopic (exact) mass is 285 g/mol. The van der Waals surface area contributed by atoms with E-state index >= 15 is 0 Å². The first-order chi connectivity index (χ1) is 7.60. The van der Waals surface area contributed by atoms with E-state index in [0.29, 0.717) is 6.04 Å². The van der Waals surface area contributed by atoms with Crippen molar-refractivity contribution >= 4 is 21.6 Å². The quantitative estimate of drug-likeness (QED) is 0.894. The van der Waals surface area contributed by atoms with E-state index in [-0.39, 0.29) is 6.61 Å². The van der Waals surface area contributed by atoms with Gasteiger partial charge < -0.3 is 10.0 Å². The average molecular weight is 286 g/mol. The van der Waals surface area contributed by atoms with Gasteiger partial charge in [-0.3, -0.25) is 0 Å². The molecule has 0 aliphatic carbocycles. The van der Waals surface area contributed by atoms with E-state index in [9.17, 15) is 0 Å². The number of nitrogens with zero attached hydrogens (tertiary/aromatic N) is 1. The second-order valence-electron chi connectivity index (χ2n) is 4.19. The number of hydrogen-bond acceptors (Lipinski definition) is 2. The summed E-state index contributed by atoms with van der Waals surface area (Å²) in [6.45, 7) is 4.53. The van der Waals surface area contributed by atoms with Crippen molar-refractivity contribution in [2.24, 2.45) is 0 Å². The lowest BCUT2D eigenvalue weighted by Gasteiger charge is -2.28. The molecule has 0 heterocycles. The van der Waals surface area contributed by atoms with Gasteiger partial charge in [-0.25, -0.2) is 0 Å². The third-order valence-electron chi connectivity index (χ3n) is 2.94. The van der Waals surface area contributed by atoms with Crippen molar-refractivity contribution in [2.75, 3.05) is 11.9 Å². The van der Waals surface area contributed by atoms with Crippen LogP contribution in [0.1, 0.15) is 32.3 Å². The summed E-state index contributed by atoms with van der Waals surface area (Å²) in [6, 6.07) is 6.53. The summed E-state index contributed by atoms with van der Waals surface area (Å²) < 4.78 is 1.05. The maximum atomic E-state index is 9.05. The zero-order chi connectivity index (χ0) is 12.1.